The first-order valence-electron chi connectivity index (χ1n) is 6.73. The molecule has 1 N–H and O–H groups in total. The minimum absolute atomic E-state index is 0.108. The quantitative estimate of drug-likeness (QED) is 0.700. The molecule has 4 atom stereocenters. The molecule has 4 nitrogen and oxygen atoms in total. The summed E-state index contributed by atoms with van der Waals surface area (Å²) in [5.41, 5.74) is -0.388. The highest BCUT2D eigenvalue weighted by molar-refractivity contribution is 5.70. The molecule has 17 heavy (non-hydrogen) atoms. The fourth-order valence-corrected chi connectivity index (χ4v) is 3.65. The van der Waals surface area contributed by atoms with Crippen molar-refractivity contribution < 1.29 is 9.53 Å². The maximum atomic E-state index is 12.3. The lowest BCUT2D eigenvalue weighted by Crippen LogP contribution is -2.60. The highest BCUT2D eigenvalue weighted by Crippen LogP contribution is 2.40. The molecule has 0 aromatic heterocycles. The summed E-state index contributed by atoms with van der Waals surface area (Å²) < 4.78 is 5.54. The van der Waals surface area contributed by atoms with Gasteiger partial charge in [0.05, 0.1) is 12.1 Å². The molecule has 0 aromatic rings. The molecule has 96 valence electrons. The first-order chi connectivity index (χ1) is 7.96. The molecule has 1 amide bonds. The Morgan fingerprint density at radius 3 is 2.12 bits per heavy atom. The van der Waals surface area contributed by atoms with Crippen LogP contribution in [0.15, 0.2) is 0 Å². The van der Waals surface area contributed by atoms with Crippen LogP contribution >= 0.6 is 0 Å². The zero-order valence-corrected chi connectivity index (χ0v) is 10.9. The van der Waals surface area contributed by atoms with Gasteiger partial charge in [-0.3, -0.25) is 4.90 Å². The zero-order valence-electron chi connectivity index (χ0n) is 10.9. The molecule has 0 saturated carbocycles. The number of carbonyl (C=O) groups excluding carboxylic acids is 1. The Morgan fingerprint density at radius 2 is 1.65 bits per heavy atom. The van der Waals surface area contributed by atoms with Gasteiger partial charge in [-0.2, -0.15) is 0 Å². The van der Waals surface area contributed by atoms with Crippen molar-refractivity contribution in [1.82, 2.24) is 10.2 Å². The monoisotopic (exact) mass is 238 g/mol. The summed E-state index contributed by atoms with van der Waals surface area (Å²) in [5, 5.41) is 3.65. The molecule has 0 aliphatic carbocycles. The number of piperazine rings is 1. The van der Waals surface area contributed by atoms with Gasteiger partial charge in [-0.15, -0.1) is 0 Å². The highest BCUT2D eigenvalue weighted by atomic mass is 16.6. The van der Waals surface area contributed by atoms with Crippen LogP contribution in [-0.4, -0.2) is 40.8 Å². The van der Waals surface area contributed by atoms with E-state index in [0.717, 1.165) is 12.8 Å². The van der Waals surface area contributed by atoms with Gasteiger partial charge < -0.3 is 10.1 Å². The van der Waals surface area contributed by atoms with Crippen molar-refractivity contribution in [2.45, 2.75) is 76.2 Å². The number of carbonyl (C=O) groups is 1. The summed E-state index contributed by atoms with van der Waals surface area (Å²) >= 11 is 0. The van der Waals surface area contributed by atoms with E-state index in [1.165, 1.54) is 12.8 Å². The minimum atomic E-state index is -0.388. The Balaban J connectivity index is 1.78. The number of hydrogen-bond acceptors (Lipinski definition) is 3. The number of ether oxygens (including phenoxy) is 1. The van der Waals surface area contributed by atoms with Crippen LogP contribution in [0.1, 0.15) is 46.5 Å². The van der Waals surface area contributed by atoms with E-state index in [1.807, 2.05) is 25.7 Å². The maximum absolute atomic E-state index is 12.3. The van der Waals surface area contributed by atoms with Gasteiger partial charge in [-0.05, 0) is 46.5 Å². The lowest BCUT2D eigenvalue weighted by molar-refractivity contribution is 0.00312. The van der Waals surface area contributed by atoms with Gasteiger partial charge in [0.1, 0.15) is 5.60 Å². The van der Waals surface area contributed by atoms with Crippen LogP contribution < -0.4 is 5.32 Å². The van der Waals surface area contributed by atoms with Crippen molar-refractivity contribution in [3.05, 3.63) is 0 Å². The molecule has 4 heteroatoms. The maximum Gasteiger partial charge on any atom is 0.410 e. The van der Waals surface area contributed by atoms with Crippen LogP contribution in [0.2, 0.25) is 0 Å². The Morgan fingerprint density at radius 1 is 1.12 bits per heavy atom. The van der Waals surface area contributed by atoms with Crippen LogP contribution in [-0.2, 0) is 4.74 Å². The third-order valence-corrected chi connectivity index (χ3v) is 4.22. The van der Waals surface area contributed by atoms with Gasteiger partial charge in [0.2, 0.25) is 0 Å². The Labute approximate surface area is 103 Å². The van der Waals surface area contributed by atoms with Gasteiger partial charge in [-0.25, -0.2) is 4.79 Å². The van der Waals surface area contributed by atoms with E-state index in [9.17, 15) is 4.79 Å². The molecule has 3 fully saturated rings. The predicted molar refractivity (Wildman–Crippen MR) is 64.8 cm³/mol. The predicted octanol–water partition coefficient (Wildman–Crippen LogP) is 1.89. The van der Waals surface area contributed by atoms with E-state index in [-0.39, 0.29) is 11.7 Å². The van der Waals surface area contributed by atoms with Gasteiger partial charge in [0.25, 0.3) is 0 Å². The van der Waals surface area contributed by atoms with Crippen LogP contribution in [0.25, 0.3) is 0 Å². The molecule has 3 aliphatic rings. The number of amides is 1. The van der Waals surface area contributed by atoms with Crippen molar-refractivity contribution in [3.8, 4) is 0 Å². The summed E-state index contributed by atoms with van der Waals surface area (Å²) in [7, 11) is 0. The van der Waals surface area contributed by atoms with Gasteiger partial charge >= 0.3 is 6.09 Å². The van der Waals surface area contributed by atoms with Crippen LogP contribution in [0.4, 0.5) is 4.79 Å². The van der Waals surface area contributed by atoms with E-state index in [1.54, 1.807) is 0 Å². The summed E-state index contributed by atoms with van der Waals surface area (Å²) in [5.74, 6) is 0. The topological polar surface area (TPSA) is 41.6 Å². The van der Waals surface area contributed by atoms with Crippen LogP contribution in [0, 0.1) is 0 Å². The van der Waals surface area contributed by atoms with Crippen molar-refractivity contribution in [1.29, 1.82) is 0 Å². The molecule has 3 rings (SSSR count). The second kappa shape index (κ2) is 3.61. The number of rotatable bonds is 0. The largest absolute Gasteiger partial charge is 0.444 e. The van der Waals surface area contributed by atoms with E-state index in [0.29, 0.717) is 24.2 Å². The molecular formula is C13H22N2O2. The van der Waals surface area contributed by atoms with Crippen molar-refractivity contribution in [3.63, 3.8) is 0 Å². The average molecular weight is 238 g/mol. The molecule has 0 spiro atoms. The molecule has 4 unspecified atom stereocenters. The molecule has 4 bridgehead atoms. The Kier molecular flexibility index (Phi) is 2.41. The second-order valence-corrected chi connectivity index (χ2v) is 6.56. The fourth-order valence-electron chi connectivity index (χ4n) is 3.65. The van der Waals surface area contributed by atoms with Crippen molar-refractivity contribution in [2.75, 3.05) is 0 Å². The summed E-state index contributed by atoms with van der Waals surface area (Å²) in [6, 6.07) is 1.75. The smallest absolute Gasteiger partial charge is 0.410 e. The van der Waals surface area contributed by atoms with Crippen LogP contribution in [0.5, 0.6) is 0 Å². The first kappa shape index (κ1) is 11.3. The Bertz CT molecular complexity index is 319. The number of hydrogen-bond donors (Lipinski definition) is 1. The first-order valence-corrected chi connectivity index (χ1v) is 6.73. The summed E-state index contributed by atoms with van der Waals surface area (Å²) in [6.45, 7) is 5.80. The molecular weight excluding hydrogens is 216 g/mol. The second-order valence-electron chi connectivity index (χ2n) is 6.56. The molecule has 0 aromatic carbocycles. The standard InChI is InChI=1S/C13H22N2O2/c1-13(2,3)17-12(16)15-10-6-7-11(15)9-5-4-8(10)14-9/h8-11,14H,4-7H2,1-3H3. The fraction of sp³-hybridized carbons (Fsp3) is 0.923. The number of nitrogens with one attached hydrogen (secondary N) is 1. The number of fused-ring (bicyclic) bond motifs is 6. The molecule has 3 heterocycles. The van der Waals surface area contributed by atoms with E-state index >= 15 is 0 Å². The third kappa shape index (κ3) is 1.82. The molecule has 0 radical (unpaired) electrons. The average Bonchev–Trinajstić information content (AvgIpc) is 2.69. The zero-order chi connectivity index (χ0) is 12.2. The van der Waals surface area contributed by atoms with E-state index < -0.39 is 0 Å². The minimum Gasteiger partial charge on any atom is -0.444 e. The van der Waals surface area contributed by atoms with Gasteiger partial charge in [-0.1, -0.05) is 0 Å². The normalized spacial score (nSPS) is 39.6. The third-order valence-electron chi connectivity index (χ3n) is 4.22. The lowest BCUT2D eigenvalue weighted by Gasteiger charge is -2.40. The number of nitrogens with zero attached hydrogens (tertiary/aromatic N) is 1. The summed E-state index contributed by atoms with van der Waals surface area (Å²) in [6.07, 6.45) is 4.59. The van der Waals surface area contributed by atoms with Gasteiger partial charge in [0.15, 0.2) is 0 Å². The van der Waals surface area contributed by atoms with Gasteiger partial charge in [0, 0.05) is 12.1 Å². The summed E-state index contributed by atoms with van der Waals surface area (Å²) in [4.78, 5) is 14.3. The molecule has 3 aliphatic heterocycles. The van der Waals surface area contributed by atoms with Crippen molar-refractivity contribution in [2.24, 2.45) is 0 Å². The molecule has 3 saturated heterocycles. The lowest BCUT2D eigenvalue weighted by atomic mass is 10.0. The van der Waals surface area contributed by atoms with Crippen LogP contribution in [0.3, 0.4) is 0 Å². The highest BCUT2D eigenvalue weighted by Gasteiger charge is 2.53. The Hall–Kier alpha value is -0.770. The van der Waals surface area contributed by atoms with Crippen molar-refractivity contribution >= 4 is 6.09 Å². The SMILES string of the molecule is CC(C)(C)OC(=O)N1C2CCC1C1CCC2N1. The van der Waals surface area contributed by atoms with E-state index in [4.69, 9.17) is 4.74 Å². The van der Waals surface area contributed by atoms with E-state index in [2.05, 4.69) is 5.32 Å².